The van der Waals surface area contributed by atoms with Crippen LogP contribution < -0.4 is 4.74 Å². The van der Waals surface area contributed by atoms with Gasteiger partial charge in [0, 0.05) is 6.92 Å². The molecule has 0 saturated carbocycles. The molecule has 6 nitrogen and oxygen atoms in total. The molecule has 1 aromatic rings. The molecule has 0 N–H and O–H groups in total. The number of hydrogen-bond acceptors (Lipinski definition) is 6. The number of halogens is 1. The van der Waals surface area contributed by atoms with Crippen LogP contribution >= 0.6 is 23.4 Å². The Morgan fingerprint density at radius 1 is 1.36 bits per heavy atom. The summed E-state index contributed by atoms with van der Waals surface area (Å²) in [5.74, 6) is -0.404. The normalized spacial score (nSPS) is 25.2. The predicted octanol–water partition coefficient (Wildman–Crippen LogP) is 2.32. The van der Waals surface area contributed by atoms with Gasteiger partial charge in [-0.2, -0.15) is 0 Å². The van der Waals surface area contributed by atoms with Gasteiger partial charge < -0.3 is 9.47 Å². The Balaban J connectivity index is 1.84. The van der Waals surface area contributed by atoms with E-state index in [4.69, 9.17) is 21.1 Å². The lowest BCUT2D eigenvalue weighted by molar-refractivity contribution is -0.147. The van der Waals surface area contributed by atoms with E-state index in [9.17, 15) is 14.4 Å². The molecule has 1 aromatic carbocycles. The van der Waals surface area contributed by atoms with Crippen LogP contribution in [0.15, 0.2) is 41.8 Å². The summed E-state index contributed by atoms with van der Waals surface area (Å²) in [4.78, 5) is 36.6. The largest absolute Gasteiger partial charge is 0.485 e. The van der Waals surface area contributed by atoms with Crippen LogP contribution in [0.2, 0.25) is 0 Å². The standard InChI is InChI=1S/C17H16ClNO5S/c1-10(20)24-13-9-25-16-17(2,18)15(22)19(16)14(13)12(21)8-23-11-6-4-3-5-7-11/h3-7,16H,8-9H2,1-2H3/t16-,17-/m0/s1. The second kappa shape index (κ2) is 6.72. The van der Waals surface area contributed by atoms with E-state index in [1.54, 1.807) is 31.2 Å². The van der Waals surface area contributed by atoms with Gasteiger partial charge in [0.2, 0.25) is 5.78 Å². The average Bonchev–Trinajstić information content (AvgIpc) is 2.59. The summed E-state index contributed by atoms with van der Waals surface area (Å²) in [6.45, 7) is 2.59. The van der Waals surface area contributed by atoms with E-state index < -0.39 is 16.6 Å². The van der Waals surface area contributed by atoms with Gasteiger partial charge in [0.1, 0.15) is 22.6 Å². The molecule has 0 spiro atoms. The maximum absolute atomic E-state index is 12.7. The number of para-hydroxylation sites is 1. The van der Waals surface area contributed by atoms with Gasteiger partial charge >= 0.3 is 5.97 Å². The van der Waals surface area contributed by atoms with Crippen LogP contribution in [0.3, 0.4) is 0 Å². The van der Waals surface area contributed by atoms with Gasteiger partial charge in [-0.3, -0.25) is 19.3 Å². The summed E-state index contributed by atoms with van der Waals surface area (Å²) in [5.41, 5.74) is 0.0537. The van der Waals surface area contributed by atoms with Gasteiger partial charge in [-0.25, -0.2) is 0 Å². The Morgan fingerprint density at radius 2 is 2.04 bits per heavy atom. The number of Topliss-reactive ketones (excluding diaryl/α,β-unsaturated/α-hetero) is 1. The monoisotopic (exact) mass is 381 g/mol. The van der Waals surface area contributed by atoms with Gasteiger partial charge in [-0.05, 0) is 19.1 Å². The first-order valence-corrected chi connectivity index (χ1v) is 9.02. The van der Waals surface area contributed by atoms with Crippen molar-refractivity contribution in [3.8, 4) is 5.75 Å². The van der Waals surface area contributed by atoms with Crippen molar-refractivity contribution >= 4 is 41.0 Å². The predicted molar refractivity (Wildman–Crippen MR) is 93.1 cm³/mol. The van der Waals surface area contributed by atoms with Gasteiger partial charge in [-0.15, -0.1) is 23.4 Å². The minimum Gasteiger partial charge on any atom is -0.485 e. The van der Waals surface area contributed by atoms with Crippen LogP contribution in [0, 0.1) is 0 Å². The van der Waals surface area contributed by atoms with Gasteiger partial charge in [0.25, 0.3) is 5.91 Å². The Hall–Kier alpha value is -1.99. The van der Waals surface area contributed by atoms with Crippen molar-refractivity contribution < 1.29 is 23.9 Å². The Kier molecular flexibility index (Phi) is 4.79. The maximum Gasteiger partial charge on any atom is 0.307 e. The SMILES string of the molecule is CC(=O)OC1=C(C(=O)COc2ccccc2)N2C(=O)[C@](C)(Cl)[C@@H]2SC1. The topological polar surface area (TPSA) is 72.9 Å². The van der Waals surface area contributed by atoms with E-state index in [1.807, 2.05) is 6.07 Å². The number of ether oxygens (including phenoxy) is 2. The lowest BCUT2D eigenvalue weighted by Gasteiger charge is -2.52. The third kappa shape index (κ3) is 3.26. The second-order valence-electron chi connectivity index (χ2n) is 5.80. The molecule has 0 aromatic heterocycles. The van der Waals surface area contributed by atoms with Gasteiger partial charge in [0.05, 0.1) is 5.75 Å². The number of rotatable bonds is 5. The van der Waals surface area contributed by atoms with Crippen LogP contribution in [-0.4, -0.2) is 45.2 Å². The highest BCUT2D eigenvalue weighted by Gasteiger charge is 2.61. The molecule has 0 aliphatic carbocycles. The fourth-order valence-electron chi connectivity index (χ4n) is 2.71. The zero-order valence-electron chi connectivity index (χ0n) is 13.7. The molecule has 0 radical (unpaired) electrons. The highest BCUT2D eigenvalue weighted by Crippen LogP contribution is 2.49. The molecule has 1 fully saturated rings. The number of hydrogen-bond donors (Lipinski definition) is 0. The summed E-state index contributed by atoms with van der Waals surface area (Å²) < 4.78 is 10.6. The number of fused-ring (bicyclic) bond motifs is 1. The first-order valence-electron chi connectivity index (χ1n) is 7.59. The highest BCUT2D eigenvalue weighted by atomic mass is 35.5. The molecule has 25 heavy (non-hydrogen) atoms. The smallest absolute Gasteiger partial charge is 0.307 e. The molecule has 0 unspecified atom stereocenters. The van der Waals surface area contributed by atoms with Crippen molar-refractivity contribution in [1.82, 2.24) is 4.90 Å². The summed E-state index contributed by atoms with van der Waals surface area (Å²) in [6, 6.07) is 8.85. The molecule has 2 atom stereocenters. The lowest BCUT2D eigenvalue weighted by Crippen LogP contribution is -2.69. The Bertz CT molecular complexity index is 762. The average molecular weight is 382 g/mol. The highest BCUT2D eigenvalue weighted by molar-refractivity contribution is 8.00. The molecule has 2 aliphatic heterocycles. The molecule has 2 heterocycles. The number of carbonyl (C=O) groups is 3. The van der Waals surface area contributed by atoms with Crippen molar-refractivity contribution in [3.63, 3.8) is 0 Å². The molecule has 0 bridgehead atoms. The van der Waals surface area contributed by atoms with Crippen molar-refractivity contribution in [2.45, 2.75) is 24.1 Å². The van der Waals surface area contributed by atoms with E-state index >= 15 is 0 Å². The molecule has 1 saturated heterocycles. The number of esters is 1. The second-order valence-corrected chi connectivity index (χ2v) is 7.66. The third-order valence-corrected chi connectivity index (χ3v) is 5.78. The van der Waals surface area contributed by atoms with Crippen molar-refractivity contribution in [3.05, 3.63) is 41.8 Å². The van der Waals surface area contributed by atoms with Gasteiger partial charge in [-0.1, -0.05) is 18.2 Å². The number of alkyl halides is 1. The Labute approximate surface area is 154 Å². The molecule has 1 amide bonds. The van der Waals surface area contributed by atoms with Crippen LogP contribution in [0.25, 0.3) is 0 Å². The Morgan fingerprint density at radius 3 is 2.68 bits per heavy atom. The van der Waals surface area contributed by atoms with E-state index in [0.29, 0.717) is 5.75 Å². The molecular weight excluding hydrogens is 366 g/mol. The minimum atomic E-state index is -1.07. The quantitative estimate of drug-likeness (QED) is 0.443. The lowest BCUT2D eigenvalue weighted by atomic mass is 9.96. The van der Waals surface area contributed by atoms with Crippen LogP contribution in [-0.2, 0) is 19.1 Å². The van der Waals surface area contributed by atoms with Crippen LogP contribution in [0.5, 0.6) is 5.75 Å². The summed E-state index contributed by atoms with van der Waals surface area (Å²) in [7, 11) is 0. The zero-order valence-corrected chi connectivity index (χ0v) is 15.2. The molecular formula is C17H16ClNO5S. The molecule has 2 aliphatic rings. The number of carbonyl (C=O) groups excluding carboxylic acids is 3. The van der Waals surface area contributed by atoms with Crippen molar-refractivity contribution in [2.24, 2.45) is 0 Å². The molecule has 132 valence electrons. The van der Waals surface area contributed by atoms with Crippen LogP contribution in [0.4, 0.5) is 0 Å². The van der Waals surface area contributed by atoms with E-state index in [0.717, 1.165) is 0 Å². The zero-order chi connectivity index (χ0) is 18.2. The number of amides is 1. The molecule has 8 heteroatoms. The first kappa shape index (κ1) is 17.8. The van der Waals surface area contributed by atoms with Crippen LogP contribution in [0.1, 0.15) is 13.8 Å². The summed E-state index contributed by atoms with van der Waals surface area (Å²) >= 11 is 7.59. The van der Waals surface area contributed by atoms with Crippen molar-refractivity contribution in [1.29, 1.82) is 0 Å². The van der Waals surface area contributed by atoms with E-state index in [-0.39, 0.29) is 35.1 Å². The minimum absolute atomic E-state index is 0.0537. The number of thioether (sulfide) groups is 1. The van der Waals surface area contributed by atoms with E-state index in [2.05, 4.69) is 0 Å². The maximum atomic E-state index is 12.7. The van der Waals surface area contributed by atoms with Crippen molar-refractivity contribution in [2.75, 3.05) is 12.4 Å². The number of β-lactam (4-membered cyclic amide) rings is 1. The molecule has 3 rings (SSSR count). The fourth-order valence-corrected chi connectivity index (χ4v) is 4.35. The summed E-state index contributed by atoms with van der Waals surface area (Å²) in [5, 5.41) is -0.378. The van der Waals surface area contributed by atoms with E-state index in [1.165, 1.54) is 23.6 Å². The number of nitrogens with zero attached hydrogens (tertiary/aromatic N) is 1. The van der Waals surface area contributed by atoms with Gasteiger partial charge in [0.15, 0.2) is 11.5 Å². The first-order chi connectivity index (χ1) is 11.8. The number of ketones is 1. The third-order valence-electron chi connectivity index (χ3n) is 3.86. The summed E-state index contributed by atoms with van der Waals surface area (Å²) in [6.07, 6.45) is 0. The fraction of sp³-hybridized carbons (Fsp3) is 0.353. The number of benzene rings is 1.